The van der Waals surface area contributed by atoms with E-state index in [1.54, 1.807) is 12.1 Å². The lowest BCUT2D eigenvalue weighted by Crippen LogP contribution is -2.58. The Labute approximate surface area is 162 Å². The summed E-state index contributed by atoms with van der Waals surface area (Å²) in [6, 6.07) is 11.3. The van der Waals surface area contributed by atoms with Crippen LogP contribution in [0.15, 0.2) is 46.4 Å². The number of nitrogens with zero attached hydrogens (tertiary/aromatic N) is 5. The van der Waals surface area contributed by atoms with Crippen molar-refractivity contribution >= 4 is 40.7 Å². The molecule has 8 nitrogen and oxygen atoms in total. The number of hydrogen-bond donors (Lipinski definition) is 3. The standard InChI is InChI=1S/C18H21ClN8/c19-14-8-9-15(26-25-14)22-12-4-6-13(7-5-12)27-17(21)23-16(20)24-18(27)10-2-1-3-11-18/h4-9H,1-3,10-11H2,(H,22,26)(H4,20,21,23,24). The molecule has 27 heavy (non-hydrogen) atoms. The van der Waals surface area contributed by atoms with Gasteiger partial charge in [0.15, 0.2) is 11.0 Å². The number of benzene rings is 1. The van der Waals surface area contributed by atoms with E-state index in [0.717, 1.165) is 37.1 Å². The van der Waals surface area contributed by atoms with Crippen molar-refractivity contribution in [2.24, 2.45) is 21.5 Å². The molecule has 0 radical (unpaired) electrons. The molecule has 2 aromatic rings. The van der Waals surface area contributed by atoms with Crippen LogP contribution in [0.2, 0.25) is 5.15 Å². The number of anilines is 3. The summed E-state index contributed by atoms with van der Waals surface area (Å²) >= 11 is 5.77. The summed E-state index contributed by atoms with van der Waals surface area (Å²) in [5.41, 5.74) is 13.5. The lowest BCUT2D eigenvalue weighted by Gasteiger charge is -2.45. The molecule has 0 saturated heterocycles. The van der Waals surface area contributed by atoms with Crippen molar-refractivity contribution in [2.75, 3.05) is 10.2 Å². The minimum atomic E-state index is -0.440. The molecule has 9 heteroatoms. The van der Waals surface area contributed by atoms with Crippen LogP contribution in [-0.2, 0) is 0 Å². The molecule has 2 aliphatic rings. The van der Waals surface area contributed by atoms with Gasteiger partial charge in [0, 0.05) is 11.4 Å². The van der Waals surface area contributed by atoms with Crippen molar-refractivity contribution < 1.29 is 0 Å². The van der Waals surface area contributed by atoms with Crippen molar-refractivity contribution in [3.8, 4) is 0 Å². The van der Waals surface area contributed by atoms with Crippen molar-refractivity contribution in [3.63, 3.8) is 0 Å². The normalized spacial score (nSPS) is 18.8. The fourth-order valence-electron chi connectivity index (χ4n) is 3.72. The highest BCUT2D eigenvalue weighted by atomic mass is 35.5. The van der Waals surface area contributed by atoms with Crippen LogP contribution < -0.4 is 21.7 Å². The first-order valence-electron chi connectivity index (χ1n) is 8.92. The van der Waals surface area contributed by atoms with Gasteiger partial charge in [-0.25, -0.2) is 4.99 Å². The molecule has 0 unspecified atom stereocenters. The summed E-state index contributed by atoms with van der Waals surface area (Å²) in [4.78, 5) is 10.9. The van der Waals surface area contributed by atoms with Gasteiger partial charge in [-0.15, -0.1) is 10.2 Å². The second-order valence-electron chi connectivity index (χ2n) is 6.73. The lowest BCUT2D eigenvalue weighted by atomic mass is 9.87. The van der Waals surface area contributed by atoms with Crippen LogP contribution in [0, 0.1) is 0 Å². The van der Waals surface area contributed by atoms with Gasteiger partial charge in [0.25, 0.3) is 0 Å². The fraction of sp³-hybridized carbons (Fsp3) is 0.333. The lowest BCUT2D eigenvalue weighted by molar-refractivity contribution is 0.305. The number of aromatic nitrogens is 2. The van der Waals surface area contributed by atoms with E-state index in [4.69, 9.17) is 23.1 Å². The maximum atomic E-state index is 6.25. The van der Waals surface area contributed by atoms with Crippen LogP contribution >= 0.6 is 11.6 Å². The molecule has 1 aromatic heterocycles. The molecule has 0 amide bonds. The van der Waals surface area contributed by atoms with Gasteiger partial charge in [-0.05, 0) is 62.1 Å². The number of aliphatic imine (C=N–C) groups is 2. The van der Waals surface area contributed by atoms with Crippen LogP contribution in [0.1, 0.15) is 32.1 Å². The topological polar surface area (TPSA) is 118 Å². The summed E-state index contributed by atoms with van der Waals surface area (Å²) in [6.45, 7) is 0. The van der Waals surface area contributed by atoms with Gasteiger partial charge >= 0.3 is 0 Å². The van der Waals surface area contributed by atoms with E-state index in [-0.39, 0.29) is 5.96 Å². The molecule has 1 aliphatic heterocycles. The highest BCUT2D eigenvalue weighted by Gasteiger charge is 2.42. The van der Waals surface area contributed by atoms with Gasteiger partial charge in [0.1, 0.15) is 5.66 Å². The number of nitrogens with two attached hydrogens (primary N) is 2. The largest absolute Gasteiger partial charge is 0.369 e. The van der Waals surface area contributed by atoms with E-state index in [9.17, 15) is 0 Å². The van der Waals surface area contributed by atoms with Crippen molar-refractivity contribution in [2.45, 2.75) is 37.8 Å². The number of nitrogens with one attached hydrogen (secondary N) is 1. The number of halogens is 1. The Morgan fingerprint density at radius 2 is 1.70 bits per heavy atom. The Balaban J connectivity index is 1.60. The van der Waals surface area contributed by atoms with Crippen LogP contribution in [-0.4, -0.2) is 27.8 Å². The van der Waals surface area contributed by atoms with E-state index < -0.39 is 5.66 Å². The fourth-order valence-corrected chi connectivity index (χ4v) is 3.82. The highest BCUT2D eigenvalue weighted by Crippen LogP contribution is 2.39. The summed E-state index contributed by atoms with van der Waals surface area (Å²) in [5.74, 6) is 1.26. The molecule has 0 bridgehead atoms. The monoisotopic (exact) mass is 384 g/mol. The van der Waals surface area contributed by atoms with E-state index in [0.29, 0.717) is 16.9 Å². The summed E-state index contributed by atoms with van der Waals surface area (Å²) in [6.07, 6.45) is 5.20. The Bertz CT molecular complexity index is 869. The van der Waals surface area contributed by atoms with E-state index in [1.165, 1.54) is 6.42 Å². The first kappa shape index (κ1) is 17.5. The first-order chi connectivity index (χ1) is 13.1. The minimum Gasteiger partial charge on any atom is -0.369 e. The third-order valence-corrected chi connectivity index (χ3v) is 5.08. The molecule has 1 aromatic carbocycles. The molecule has 1 aliphatic carbocycles. The number of guanidine groups is 2. The zero-order valence-corrected chi connectivity index (χ0v) is 15.5. The van der Waals surface area contributed by atoms with Gasteiger partial charge in [0.2, 0.25) is 11.9 Å². The van der Waals surface area contributed by atoms with Gasteiger partial charge in [-0.2, -0.15) is 4.99 Å². The van der Waals surface area contributed by atoms with Crippen LogP contribution in [0.25, 0.3) is 0 Å². The molecule has 1 spiro atoms. The van der Waals surface area contributed by atoms with Crippen molar-refractivity contribution in [1.82, 2.24) is 10.2 Å². The molecule has 140 valence electrons. The maximum Gasteiger partial charge on any atom is 0.220 e. The number of hydrogen-bond acceptors (Lipinski definition) is 8. The van der Waals surface area contributed by atoms with Crippen molar-refractivity contribution in [3.05, 3.63) is 41.6 Å². The number of rotatable bonds is 3. The second-order valence-corrected chi connectivity index (χ2v) is 7.12. The Morgan fingerprint density at radius 3 is 2.37 bits per heavy atom. The van der Waals surface area contributed by atoms with Crippen molar-refractivity contribution in [1.29, 1.82) is 0 Å². The third-order valence-electron chi connectivity index (χ3n) is 4.88. The van der Waals surface area contributed by atoms with Gasteiger partial charge in [-0.3, -0.25) is 4.90 Å². The summed E-state index contributed by atoms with van der Waals surface area (Å²) in [5, 5.41) is 11.4. The molecule has 1 saturated carbocycles. The molecule has 1 fully saturated rings. The predicted molar refractivity (Wildman–Crippen MR) is 108 cm³/mol. The SMILES string of the molecule is NC1=NC2(CCCCC2)N(c2ccc(Nc3ccc(Cl)nn3)cc2)C(N)=N1. The zero-order chi connectivity index (χ0) is 18.9. The molecule has 4 rings (SSSR count). The summed E-state index contributed by atoms with van der Waals surface area (Å²) < 4.78 is 0. The third kappa shape index (κ3) is 3.52. The average molecular weight is 385 g/mol. The molecule has 0 atom stereocenters. The smallest absolute Gasteiger partial charge is 0.220 e. The summed E-state index contributed by atoms with van der Waals surface area (Å²) in [7, 11) is 0. The van der Waals surface area contributed by atoms with Gasteiger partial charge in [0.05, 0.1) is 0 Å². The quantitative estimate of drug-likeness (QED) is 0.748. The Hall–Kier alpha value is -2.87. The van der Waals surface area contributed by atoms with Crippen LogP contribution in [0.5, 0.6) is 0 Å². The van der Waals surface area contributed by atoms with Crippen LogP contribution in [0.4, 0.5) is 17.2 Å². The van der Waals surface area contributed by atoms with Crippen LogP contribution in [0.3, 0.4) is 0 Å². The zero-order valence-electron chi connectivity index (χ0n) is 14.8. The Kier molecular flexibility index (Phi) is 4.57. The Morgan fingerprint density at radius 1 is 0.963 bits per heavy atom. The van der Waals surface area contributed by atoms with Gasteiger partial charge in [-0.1, -0.05) is 18.0 Å². The predicted octanol–water partition coefficient (Wildman–Crippen LogP) is 2.98. The molecule has 2 heterocycles. The molecular formula is C18H21ClN8. The van der Waals surface area contributed by atoms with E-state index in [2.05, 4.69) is 25.5 Å². The average Bonchev–Trinajstić information content (AvgIpc) is 2.65. The molecule has 5 N–H and O–H groups in total. The highest BCUT2D eigenvalue weighted by molar-refractivity contribution is 6.29. The maximum absolute atomic E-state index is 6.25. The first-order valence-corrected chi connectivity index (χ1v) is 9.30. The minimum absolute atomic E-state index is 0.255. The van der Waals surface area contributed by atoms with Gasteiger partial charge < -0.3 is 16.8 Å². The molecular weight excluding hydrogens is 364 g/mol. The van der Waals surface area contributed by atoms with E-state index in [1.807, 2.05) is 29.2 Å². The van der Waals surface area contributed by atoms with E-state index >= 15 is 0 Å². The second kappa shape index (κ2) is 7.03.